The van der Waals surface area contributed by atoms with Crippen LogP contribution in [0.3, 0.4) is 0 Å². The number of thiazole rings is 1. The summed E-state index contributed by atoms with van der Waals surface area (Å²) in [5.74, 6) is 1.04. The molecule has 0 bridgehead atoms. The van der Waals surface area contributed by atoms with E-state index in [0.29, 0.717) is 40.3 Å². The van der Waals surface area contributed by atoms with E-state index in [1.54, 1.807) is 29.9 Å². The van der Waals surface area contributed by atoms with E-state index >= 15 is 0 Å². The van der Waals surface area contributed by atoms with Crippen LogP contribution in [-0.2, 0) is 12.2 Å². The van der Waals surface area contributed by atoms with Crippen molar-refractivity contribution in [3.63, 3.8) is 0 Å². The van der Waals surface area contributed by atoms with Crippen molar-refractivity contribution in [3.05, 3.63) is 105 Å². The van der Waals surface area contributed by atoms with Gasteiger partial charge in [0.05, 0.1) is 5.75 Å². The zero-order chi connectivity index (χ0) is 25.6. The van der Waals surface area contributed by atoms with Gasteiger partial charge in [0.25, 0.3) is 5.91 Å². The molecule has 0 saturated heterocycles. The van der Waals surface area contributed by atoms with Crippen molar-refractivity contribution in [2.24, 2.45) is 0 Å². The Kier molecular flexibility index (Phi) is 8.15. The van der Waals surface area contributed by atoms with Crippen molar-refractivity contribution in [2.75, 3.05) is 6.54 Å². The molecule has 3 aromatic heterocycles. The third-order valence-corrected chi connectivity index (χ3v) is 7.93. The Morgan fingerprint density at radius 1 is 1.05 bits per heavy atom. The minimum absolute atomic E-state index is 0.219. The van der Waals surface area contributed by atoms with Crippen LogP contribution in [-0.4, -0.2) is 37.2 Å². The Morgan fingerprint density at radius 2 is 1.92 bits per heavy atom. The van der Waals surface area contributed by atoms with Crippen LogP contribution < -0.4 is 5.32 Å². The van der Waals surface area contributed by atoms with Crippen LogP contribution in [0.4, 0.5) is 0 Å². The van der Waals surface area contributed by atoms with Crippen LogP contribution in [0.1, 0.15) is 21.1 Å². The number of halogens is 2. The van der Waals surface area contributed by atoms with Crippen molar-refractivity contribution in [1.82, 2.24) is 30.0 Å². The first-order valence-corrected chi connectivity index (χ1v) is 13.9. The maximum atomic E-state index is 12.6. The lowest BCUT2D eigenvalue weighted by molar-refractivity contribution is 0.0949. The molecule has 0 aliphatic heterocycles. The molecule has 5 aromatic rings. The quantitative estimate of drug-likeness (QED) is 0.209. The fourth-order valence-corrected chi connectivity index (χ4v) is 5.84. The van der Waals surface area contributed by atoms with Gasteiger partial charge in [0, 0.05) is 45.6 Å². The summed E-state index contributed by atoms with van der Waals surface area (Å²) < 4.78 is 2.00. The third kappa shape index (κ3) is 6.19. The van der Waals surface area contributed by atoms with E-state index in [-0.39, 0.29) is 5.91 Å². The maximum absolute atomic E-state index is 12.6. The average Bonchev–Trinajstić information content (AvgIpc) is 3.57. The molecule has 5 rings (SSSR count). The summed E-state index contributed by atoms with van der Waals surface area (Å²) >= 11 is 15.1. The number of carbonyl (C=O) groups is 1. The third-order valence-electron chi connectivity index (χ3n) is 5.37. The highest BCUT2D eigenvalue weighted by molar-refractivity contribution is 7.98. The standard InChI is InChI=1S/C26H20Cl2N6OS2/c27-19-9-8-17(21(28)13-19)10-12-30-25(35)22-15-36-23(31-22)16-37-26-33-32-24(18-5-4-11-29-14-18)34(26)20-6-2-1-3-7-20/h1-9,11,13-15H,10,12,16H2,(H,30,35). The van der Waals surface area contributed by atoms with Gasteiger partial charge < -0.3 is 5.32 Å². The predicted molar refractivity (Wildman–Crippen MR) is 149 cm³/mol. The van der Waals surface area contributed by atoms with Gasteiger partial charge in [0.2, 0.25) is 0 Å². The minimum Gasteiger partial charge on any atom is -0.350 e. The monoisotopic (exact) mass is 566 g/mol. The molecule has 186 valence electrons. The largest absolute Gasteiger partial charge is 0.350 e. The molecule has 0 saturated carbocycles. The second kappa shape index (κ2) is 11.9. The number of para-hydroxylation sites is 1. The summed E-state index contributed by atoms with van der Waals surface area (Å²) in [6.45, 7) is 0.444. The van der Waals surface area contributed by atoms with Crippen molar-refractivity contribution in [2.45, 2.75) is 17.3 Å². The highest BCUT2D eigenvalue weighted by Gasteiger charge is 2.18. The van der Waals surface area contributed by atoms with E-state index in [1.807, 2.05) is 53.1 Å². The lowest BCUT2D eigenvalue weighted by Crippen LogP contribution is -2.26. The van der Waals surface area contributed by atoms with Gasteiger partial charge in [-0.15, -0.1) is 21.5 Å². The van der Waals surface area contributed by atoms with E-state index in [9.17, 15) is 4.79 Å². The molecule has 2 aromatic carbocycles. The van der Waals surface area contributed by atoms with Crippen molar-refractivity contribution in [1.29, 1.82) is 0 Å². The number of nitrogens with zero attached hydrogens (tertiary/aromatic N) is 5. The molecule has 0 atom stereocenters. The molecule has 0 aliphatic rings. The highest BCUT2D eigenvalue weighted by atomic mass is 35.5. The zero-order valence-electron chi connectivity index (χ0n) is 19.3. The van der Waals surface area contributed by atoms with Crippen LogP contribution in [0, 0.1) is 0 Å². The SMILES string of the molecule is O=C(NCCc1ccc(Cl)cc1Cl)c1csc(CSc2nnc(-c3cccnc3)n2-c2ccccc2)n1. The molecule has 0 fully saturated rings. The number of pyridine rings is 1. The number of rotatable bonds is 9. The van der Waals surface area contributed by atoms with Crippen LogP contribution in [0.5, 0.6) is 0 Å². The van der Waals surface area contributed by atoms with E-state index in [0.717, 1.165) is 27.0 Å². The Labute approximate surface area is 231 Å². The number of benzene rings is 2. The van der Waals surface area contributed by atoms with Crippen LogP contribution in [0.15, 0.2) is 83.6 Å². The summed E-state index contributed by atoms with van der Waals surface area (Å²) in [6, 6.07) is 19.1. The van der Waals surface area contributed by atoms with Crippen LogP contribution in [0.2, 0.25) is 10.0 Å². The summed E-state index contributed by atoms with van der Waals surface area (Å²) in [5.41, 5.74) is 3.14. The second-order valence-corrected chi connectivity index (χ2v) is 10.6. The van der Waals surface area contributed by atoms with Gasteiger partial charge in [-0.2, -0.15) is 0 Å². The second-order valence-electron chi connectivity index (χ2n) is 7.88. The van der Waals surface area contributed by atoms with Crippen molar-refractivity contribution in [3.8, 4) is 17.1 Å². The predicted octanol–water partition coefficient (Wildman–Crippen LogP) is 6.36. The highest BCUT2D eigenvalue weighted by Crippen LogP contribution is 2.30. The number of nitrogens with one attached hydrogen (secondary N) is 1. The number of thioether (sulfide) groups is 1. The molecule has 0 unspecified atom stereocenters. The van der Waals surface area contributed by atoms with E-state index in [4.69, 9.17) is 23.2 Å². The first kappa shape index (κ1) is 25.4. The first-order chi connectivity index (χ1) is 18.1. The number of amides is 1. The topological polar surface area (TPSA) is 85.6 Å². The van der Waals surface area contributed by atoms with Crippen molar-refractivity contribution < 1.29 is 4.79 Å². The zero-order valence-corrected chi connectivity index (χ0v) is 22.5. The van der Waals surface area contributed by atoms with Crippen LogP contribution in [0.25, 0.3) is 17.1 Å². The molecule has 3 heterocycles. The number of carbonyl (C=O) groups excluding carboxylic acids is 1. The molecule has 1 N–H and O–H groups in total. The normalized spacial score (nSPS) is 11.0. The fraction of sp³-hybridized carbons (Fsp3) is 0.115. The van der Waals surface area contributed by atoms with Gasteiger partial charge in [-0.25, -0.2) is 4.98 Å². The average molecular weight is 568 g/mol. The number of hydrogen-bond acceptors (Lipinski definition) is 7. The fourth-order valence-electron chi connectivity index (χ4n) is 3.59. The summed E-state index contributed by atoms with van der Waals surface area (Å²) in [6.07, 6.45) is 4.10. The number of aromatic nitrogens is 5. The van der Waals surface area contributed by atoms with Gasteiger partial charge in [-0.3, -0.25) is 14.3 Å². The Balaban J connectivity index is 1.24. The molecular weight excluding hydrogens is 547 g/mol. The van der Waals surface area contributed by atoms with E-state index in [2.05, 4.69) is 25.5 Å². The Hall–Kier alpha value is -3.24. The first-order valence-electron chi connectivity index (χ1n) is 11.3. The maximum Gasteiger partial charge on any atom is 0.270 e. The summed E-state index contributed by atoms with van der Waals surface area (Å²) in [7, 11) is 0. The Bertz CT molecular complexity index is 1510. The lowest BCUT2D eigenvalue weighted by Gasteiger charge is -2.09. The van der Waals surface area contributed by atoms with Crippen LogP contribution >= 0.6 is 46.3 Å². The molecule has 1 amide bonds. The van der Waals surface area contributed by atoms with Crippen molar-refractivity contribution >= 4 is 52.2 Å². The molecule has 11 heteroatoms. The number of hydrogen-bond donors (Lipinski definition) is 1. The molecule has 0 radical (unpaired) electrons. The molecular formula is C26H20Cl2N6OS2. The van der Waals surface area contributed by atoms with Gasteiger partial charge in [-0.05, 0) is 48.4 Å². The van der Waals surface area contributed by atoms with Gasteiger partial charge >= 0.3 is 0 Å². The smallest absolute Gasteiger partial charge is 0.270 e. The van der Waals surface area contributed by atoms with Gasteiger partial charge in [-0.1, -0.05) is 59.2 Å². The minimum atomic E-state index is -0.219. The van der Waals surface area contributed by atoms with E-state index in [1.165, 1.54) is 23.1 Å². The summed E-state index contributed by atoms with van der Waals surface area (Å²) in [5, 5.41) is 16.3. The van der Waals surface area contributed by atoms with Gasteiger partial charge in [0.15, 0.2) is 11.0 Å². The van der Waals surface area contributed by atoms with E-state index < -0.39 is 0 Å². The lowest BCUT2D eigenvalue weighted by atomic mass is 10.1. The molecule has 0 aliphatic carbocycles. The Morgan fingerprint density at radius 3 is 2.70 bits per heavy atom. The molecule has 37 heavy (non-hydrogen) atoms. The molecule has 7 nitrogen and oxygen atoms in total. The summed E-state index contributed by atoms with van der Waals surface area (Å²) in [4.78, 5) is 21.3. The molecule has 0 spiro atoms. The van der Waals surface area contributed by atoms with Gasteiger partial charge in [0.1, 0.15) is 10.7 Å².